The smallest absolute Gasteiger partial charge is 0.338 e. The van der Waals surface area contributed by atoms with E-state index in [4.69, 9.17) is 23.7 Å². The van der Waals surface area contributed by atoms with Crippen molar-refractivity contribution in [1.82, 2.24) is 4.90 Å². The molecule has 1 aromatic carbocycles. The van der Waals surface area contributed by atoms with E-state index in [1.165, 1.54) is 7.11 Å². The molecule has 1 aromatic rings. The molecule has 1 aliphatic heterocycles. The second-order valence-corrected chi connectivity index (χ2v) is 13.6. The number of rotatable bonds is 8. The third-order valence-electron chi connectivity index (χ3n) is 12.9. The van der Waals surface area contributed by atoms with E-state index in [-0.39, 0.29) is 40.7 Å². The van der Waals surface area contributed by atoms with Crippen LogP contribution in [0.4, 0.5) is 0 Å². The van der Waals surface area contributed by atoms with Crippen LogP contribution < -0.4 is 0 Å². The fourth-order valence-electron chi connectivity index (χ4n) is 12.0. The van der Waals surface area contributed by atoms with E-state index in [2.05, 4.69) is 11.8 Å². The van der Waals surface area contributed by atoms with Crippen molar-refractivity contribution in [3.05, 3.63) is 35.9 Å². The molecule has 0 unspecified atom stereocenters. The van der Waals surface area contributed by atoms with Gasteiger partial charge in [0.05, 0.1) is 18.3 Å². The van der Waals surface area contributed by atoms with Gasteiger partial charge in [-0.1, -0.05) is 25.1 Å². The maximum absolute atomic E-state index is 13.6. The molecule has 226 valence electrons. The number of nitrogens with zero attached hydrogens (tertiary/aromatic N) is 1. The first kappa shape index (κ1) is 28.2. The van der Waals surface area contributed by atoms with Crippen LogP contribution in [0.2, 0.25) is 0 Å². The number of methoxy groups -OCH3 is 4. The molecule has 0 amide bonds. The van der Waals surface area contributed by atoms with Crippen molar-refractivity contribution in [3.8, 4) is 0 Å². The summed E-state index contributed by atoms with van der Waals surface area (Å²) in [5, 5.41) is 24.9. The first-order valence-corrected chi connectivity index (χ1v) is 15.2. The maximum atomic E-state index is 13.6. The molecule has 5 aliphatic carbocycles. The predicted octanol–water partition coefficient (Wildman–Crippen LogP) is 2.14. The van der Waals surface area contributed by atoms with Crippen LogP contribution in [0.25, 0.3) is 0 Å². The van der Waals surface area contributed by atoms with Crippen molar-refractivity contribution in [1.29, 1.82) is 0 Å². The van der Waals surface area contributed by atoms with Crippen molar-refractivity contribution in [2.24, 2.45) is 34.5 Å². The monoisotopic (exact) mass is 571 g/mol. The topological polar surface area (TPSA) is 107 Å². The molecular formula is C32H45NO8. The Labute approximate surface area is 242 Å². The van der Waals surface area contributed by atoms with Gasteiger partial charge in [-0.3, -0.25) is 4.90 Å². The van der Waals surface area contributed by atoms with Gasteiger partial charge < -0.3 is 33.9 Å². The molecule has 1 heterocycles. The van der Waals surface area contributed by atoms with Gasteiger partial charge in [0.2, 0.25) is 0 Å². The molecule has 1 saturated heterocycles. The number of hydrogen-bond acceptors (Lipinski definition) is 9. The lowest BCUT2D eigenvalue weighted by atomic mass is 9.43. The zero-order valence-electron chi connectivity index (χ0n) is 24.8. The molecule has 41 heavy (non-hydrogen) atoms. The van der Waals surface area contributed by atoms with Crippen LogP contribution in [-0.2, 0) is 23.7 Å². The Morgan fingerprint density at radius 3 is 2.46 bits per heavy atom. The number of piperidine rings is 1. The van der Waals surface area contributed by atoms with Crippen LogP contribution >= 0.6 is 0 Å². The summed E-state index contributed by atoms with van der Waals surface area (Å²) in [5.74, 6) is -0.847. The van der Waals surface area contributed by atoms with E-state index in [0.29, 0.717) is 18.6 Å². The second kappa shape index (κ2) is 9.45. The van der Waals surface area contributed by atoms with Crippen LogP contribution in [0, 0.1) is 34.5 Å². The molecule has 7 bridgehead atoms. The van der Waals surface area contributed by atoms with Gasteiger partial charge in [-0.25, -0.2) is 4.79 Å². The summed E-state index contributed by atoms with van der Waals surface area (Å²) in [6.45, 7) is 4.65. The highest BCUT2D eigenvalue weighted by molar-refractivity contribution is 5.89. The Balaban J connectivity index is 1.45. The molecule has 9 heteroatoms. The van der Waals surface area contributed by atoms with Gasteiger partial charge in [0.15, 0.2) is 0 Å². The van der Waals surface area contributed by atoms with E-state index >= 15 is 0 Å². The summed E-state index contributed by atoms with van der Waals surface area (Å²) in [6, 6.07) is 8.99. The summed E-state index contributed by atoms with van der Waals surface area (Å²) in [4.78, 5) is 16.2. The molecule has 5 saturated carbocycles. The largest absolute Gasteiger partial charge is 0.455 e. The minimum Gasteiger partial charge on any atom is -0.455 e. The van der Waals surface area contributed by atoms with E-state index in [1.807, 2.05) is 13.2 Å². The summed E-state index contributed by atoms with van der Waals surface area (Å²) < 4.78 is 31.3. The van der Waals surface area contributed by atoms with Gasteiger partial charge in [0, 0.05) is 63.7 Å². The maximum Gasteiger partial charge on any atom is 0.338 e. The number of likely N-dealkylation sites (tertiary alicyclic amines) is 1. The van der Waals surface area contributed by atoms with Crippen LogP contribution in [0.1, 0.15) is 43.0 Å². The normalized spacial score (nSPS) is 51.0. The first-order valence-electron chi connectivity index (χ1n) is 15.2. The number of benzene rings is 1. The van der Waals surface area contributed by atoms with Crippen molar-refractivity contribution in [2.45, 2.75) is 74.3 Å². The summed E-state index contributed by atoms with van der Waals surface area (Å²) >= 11 is 0. The molecule has 9 nitrogen and oxygen atoms in total. The molecule has 6 aliphatic rings. The minimum absolute atomic E-state index is 0.0340. The average molecular weight is 572 g/mol. The zero-order valence-corrected chi connectivity index (χ0v) is 24.8. The lowest BCUT2D eigenvalue weighted by Crippen LogP contribution is -2.80. The standard InChI is InChI=1S/C32H45NO8/c1-6-33-16-29(17-37-2)13-12-22(38-3)31-20-15-30(36)26(41-28(35)18-10-8-7-9-11-18)23(20)32(40-5,25(34)27(30)39-4)19(24(31)33)14-21(29)31/h7-11,19-27,34,36H,6,12-17H2,1-5H3/t19-,20+,21+,22-,23+,24+,25-,26+,27-,29-,30+,31+,32-/m0/s1. The van der Waals surface area contributed by atoms with Crippen LogP contribution in [0.15, 0.2) is 30.3 Å². The lowest BCUT2D eigenvalue weighted by molar-refractivity contribution is -0.319. The Morgan fingerprint density at radius 2 is 1.83 bits per heavy atom. The number of esters is 1. The highest BCUT2D eigenvalue weighted by Crippen LogP contribution is 2.80. The van der Waals surface area contributed by atoms with Crippen molar-refractivity contribution < 1.29 is 38.7 Å². The predicted molar refractivity (Wildman–Crippen MR) is 148 cm³/mol. The fraction of sp³-hybridized carbons (Fsp3) is 0.781. The van der Waals surface area contributed by atoms with Gasteiger partial charge in [-0.2, -0.15) is 0 Å². The van der Waals surface area contributed by atoms with Crippen molar-refractivity contribution >= 4 is 5.97 Å². The summed E-state index contributed by atoms with van der Waals surface area (Å²) in [6.07, 6.45) is 0.0938. The molecule has 7 rings (SSSR count). The lowest BCUT2D eigenvalue weighted by Gasteiger charge is -2.70. The quantitative estimate of drug-likeness (QED) is 0.454. The summed E-state index contributed by atoms with van der Waals surface area (Å²) in [5.41, 5.74) is -2.62. The summed E-state index contributed by atoms with van der Waals surface area (Å²) in [7, 11) is 6.80. The third kappa shape index (κ3) is 3.14. The Morgan fingerprint density at radius 1 is 1.07 bits per heavy atom. The molecule has 13 atom stereocenters. The van der Waals surface area contributed by atoms with Crippen LogP contribution in [-0.4, -0.2) is 111 Å². The van der Waals surface area contributed by atoms with E-state index in [9.17, 15) is 15.0 Å². The van der Waals surface area contributed by atoms with Crippen molar-refractivity contribution in [3.63, 3.8) is 0 Å². The number of hydrogen-bond donors (Lipinski definition) is 2. The van der Waals surface area contributed by atoms with E-state index in [0.717, 1.165) is 32.4 Å². The Bertz CT molecular complexity index is 1180. The molecule has 1 spiro atoms. The molecule has 6 fully saturated rings. The number of carbonyl (C=O) groups excluding carboxylic acids is 1. The van der Waals surface area contributed by atoms with Gasteiger partial charge in [0.25, 0.3) is 0 Å². The highest BCUT2D eigenvalue weighted by atomic mass is 16.6. The molecule has 0 radical (unpaired) electrons. The SMILES string of the molecule is CCN1C[C@]2(COC)CC[C@H](OC)[C@@]34[C@@H]5C[C@@]6(O)[C@H](OC(=O)c7ccccc7)[C@@H]5[C@](OC)([C@@H](O)[C@@H]6OC)[C@@H](C[C@H]23)[C@@H]14. The number of fused-ring (bicyclic) bond motifs is 2. The number of aliphatic hydroxyl groups excluding tert-OH is 1. The van der Waals surface area contributed by atoms with Gasteiger partial charge in [-0.05, 0) is 56.2 Å². The van der Waals surface area contributed by atoms with Crippen molar-refractivity contribution in [2.75, 3.05) is 48.1 Å². The zero-order chi connectivity index (χ0) is 28.9. The average Bonchev–Trinajstić information content (AvgIpc) is 3.37. The van der Waals surface area contributed by atoms with Crippen LogP contribution in [0.5, 0.6) is 0 Å². The second-order valence-electron chi connectivity index (χ2n) is 13.6. The molecule has 0 aromatic heterocycles. The fourth-order valence-corrected chi connectivity index (χ4v) is 12.0. The van der Waals surface area contributed by atoms with Gasteiger partial charge in [0.1, 0.15) is 29.5 Å². The van der Waals surface area contributed by atoms with E-state index < -0.39 is 41.4 Å². The first-order chi connectivity index (χ1) is 19.7. The highest BCUT2D eigenvalue weighted by Gasteiger charge is 2.88. The number of carbonyl (C=O) groups is 1. The number of aliphatic hydroxyl groups is 2. The molecule has 2 N–H and O–H groups in total. The third-order valence-corrected chi connectivity index (χ3v) is 12.9. The minimum atomic E-state index is -1.58. The Hall–Kier alpha value is -1.59. The number of ether oxygens (including phenoxy) is 5. The Kier molecular flexibility index (Phi) is 6.50. The van der Waals surface area contributed by atoms with Gasteiger partial charge >= 0.3 is 5.97 Å². The van der Waals surface area contributed by atoms with Crippen LogP contribution in [0.3, 0.4) is 0 Å². The van der Waals surface area contributed by atoms with Gasteiger partial charge in [-0.15, -0.1) is 0 Å². The molecular weight excluding hydrogens is 526 g/mol. The van der Waals surface area contributed by atoms with E-state index in [1.54, 1.807) is 38.5 Å².